The fraction of sp³-hybridized carbons (Fsp3) is 0.535. The smallest absolute Gasteiger partial charge is 0.333 e. The van der Waals surface area contributed by atoms with Crippen molar-refractivity contribution in [1.82, 2.24) is 0 Å². The first kappa shape index (κ1) is 41.3. The van der Waals surface area contributed by atoms with Crippen LogP contribution in [0.4, 0.5) is 0 Å². The van der Waals surface area contributed by atoms with Gasteiger partial charge in [0.1, 0.15) is 5.78 Å². The van der Waals surface area contributed by atoms with E-state index in [0.717, 1.165) is 44.3 Å². The van der Waals surface area contributed by atoms with Gasteiger partial charge in [-0.15, -0.1) is 0 Å². The largest absolute Gasteiger partial charge is 0.463 e. The summed E-state index contributed by atoms with van der Waals surface area (Å²) < 4.78 is 24.2. The van der Waals surface area contributed by atoms with Gasteiger partial charge < -0.3 is 23.4 Å². The second kappa shape index (κ2) is 21.3. The third-order valence-electron chi connectivity index (χ3n) is 9.56. The summed E-state index contributed by atoms with van der Waals surface area (Å²) >= 11 is 0. The molecule has 7 heteroatoms. The fourth-order valence-electron chi connectivity index (χ4n) is 6.73. The molecule has 0 amide bonds. The molecule has 0 aromatic heterocycles. The van der Waals surface area contributed by atoms with E-state index in [4.69, 9.17) is 18.6 Å². The molecule has 1 fully saturated rings. The molecule has 0 aliphatic carbocycles. The Kier molecular flexibility index (Phi) is 17.6. The Hall–Kier alpha value is -3.10. The third kappa shape index (κ3) is 12.9. The summed E-state index contributed by atoms with van der Waals surface area (Å²) in [5.41, 5.74) is 2.90. The first-order chi connectivity index (χ1) is 24.0. The molecule has 1 heterocycles. The highest BCUT2D eigenvalue weighted by Crippen LogP contribution is 2.37. The zero-order valence-corrected chi connectivity index (χ0v) is 32.6. The summed E-state index contributed by atoms with van der Waals surface area (Å²) in [6.45, 7) is 19.1. The van der Waals surface area contributed by atoms with Crippen LogP contribution in [-0.2, 0) is 28.2 Å². The van der Waals surface area contributed by atoms with Crippen molar-refractivity contribution >= 4 is 30.4 Å². The first-order valence-corrected chi connectivity index (χ1v) is 20.6. The van der Waals surface area contributed by atoms with Gasteiger partial charge in [-0.3, -0.25) is 0 Å². The maximum absolute atomic E-state index is 13.1. The minimum Gasteiger partial charge on any atom is -0.463 e. The quantitative estimate of drug-likeness (QED) is 0.0425. The van der Waals surface area contributed by atoms with Gasteiger partial charge in [0.2, 0.25) is 0 Å². The number of allylic oxidation sites excluding steroid dienone is 3. The van der Waals surface area contributed by atoms with E-state index in [2.05, 4.69) is 88.9 Å². The molecule has 1 saturated heterocycles. The van der Waals surface area contributed by atoms with Gasteiger partial charge in [-0.25, -0.2) is 4.79 Å². The van der Waals surface area contributed by atoms with Crippen LogP contribution in [0.3, 0.4) is 0 Å². The Morgan fingerprint density at radius 3 is 2.18 bits per heavy atom. The van der Waals surface area contributed by atoms with Gasteiger partial charge in [-0.05, 0) is 105 Å². The summed E-state index contributed by atoms with van der Waals surface area (Å²) in [7, 11) is -2.76. The van der Waals surface area contributed by atoms with Crippen molar-refractivity contribution in [3.8, 4) is 0 Å². The molecule has 3 rings (SSSR count). The Labute approximate surface area is 303 Å². The van der Waals surface area contributed by atoms with Gasteiger partial charge in [-0.2, -0.15) is 0 Å². The van der Waals surface area contributed by atoms with Crippen LogP contribution in [0.5, 0.6) is 0 Å². The van der Waals surface area contributed by atoms with Crippen LogP contribution in [0.25, 0.3) is 0 Å². The highest BCUT2D eigenvalue weighted by atomic mass is 28.4. The lowest BCUT2D eigenvalue weighted by Gasteiger charge is -2.43. The summed E-state index contributed by atoms with van der Waals surface area (Å²) in [5, 5.41) is 2.26. The zero-order chi connectivity index (χ0) is 36.4. The molecule has 1 aliphatic heterocycles. The minimum atomic E-state index is -2.76. The first-order valence-electron chi connectivity index (χ1n) is 18.6. The van der Waals surface area contributed by atoms with Crippen LogP contribution in [0.15, 0.2) is 96.1 Å². The molecule has 0 radical (unpaired) electrons. The molecule has 0 bridgehead atoms. The van der Waals surface area contributed by atoms with E-state index in [1.54, 1.807) is 6.92 Å². The molecule has 0 N–H and O–H groups in total. The molecular formula is C43H62O6Si. The number of rotatable bonds is 21. The van der Waals surface area contributed by atoms with Crippen molar-refractivity contribution < 1.29 is 28.2 Å². The molecule has 0 saturated carbocycles. The number of ether oxygens (including phenoxy) is 3. The summed E-state index contributed by atoms with van der Waals surface area (Å²) in [5.74, 6) is -0.159. The van der Waals surface area contributed by atoms with Crippen molar-refractivity contribution in [2.24, 2.45) is 5.92 Å². The monoisotopic (exact) mass is 702 g/mol. The lowest BCUT2D eigenvalue weighted by atomic mass is 9.90. The maximum Gasteiger partial charge on any atom is 0.333 e. The van der Waals surface area contributed by atoms with Crippen LogP contribution in [0.1, 0.15) is 106 Å². The van der Waals surface area contributed by atoms with Gasteiger partial charge in [0, 0.05) is 18.6 Å². The SMILES string of the molecule is C=C(CO[Si](c1ccccc1)(c1ccccc1)C(C)(C)C)[C@H](C/C=C(/CC/C=C(\C)CCCOC1CCCCO1)C(=O)OCC)CCC(C)=O. The van der Waals surface area contributed by atoms with Gasteiger partial charge in [0.15, 0.2) is 6.29 Å². The standard InChI is InChI=1S/C43H62O6Si/c1-8-46-42(45)38(21-17-19-34(2)20-18-32-48-41-26-15-16-31-47-41)30-29-37(28-27-36(4)44)35(3)33-49-50(43(5,6)7,39-22-11-9-12-23-39)40-24-13-10-14-25-40/h9-14,19,22-25,30,37,41H,3,8,15-18,20-21,26-29,31-33H2,1-2,4-7H3/b34-19+,38-30-/t37-,41?/m0/s1. The minimum absolute atomic E-state index is 0.0213. The van der Waals surface area contributed by atoms with E-state index in [0.29, 0.717) is 51.1 Å². The molecule has 50 heavy (non-hydrogen) atoms. The van der Waals surface area contributed by atoms with Crippen molar-refractivity contribution in [3.63, 3.8) is 0 Å². The van der Waals surface area contributed by atoms with Gasteiger partial charge in [0.05, 0.1) is 19.8 Å². The Morgan fingerprint density at radius 2 is 1.62 bits per heavy atom. The molecule has 2 atom stereocenters. The Balaban J connectivity index is 1.74. The number of carbonyl (C=O) groups excluding carboxylic acids is 2. The van der Waals surface area contributed by atoms with Crippen LogP contribution in [0, 0.1) is 5.92 Å². The van der Waals surface area contributed by atoms with Gasteiger partial charge >= 0.3 is 5.97 Å². The molecule has 274 valence electrons. The molecule has 0 spiro atoms. The van der Waals surface area contributed by atoms with Gasteiger partial charge in [-0.1, -0.05) is 106 Å². The van der Waals surface area contributed by atoms with Crippen molar-refractivity contribution in [3.05, 3.63) is 96.1 Å². The molecular weight excluding hydrogens is 641 g/mol. The van der Waals surface area contributed by atoms with E-state index >= 15 is 0 Å². The number of Topliss-reactive ketones (excluding diaryl/α,β-unsaturated/α-hetero) is 1. The second-order valence-corrected chi connectivity index (χ2v) is 18.9. The third-order valence-corrected chi connectivity index (χ3v) is 14.5. The van der Waals surface area contributed by atoms with Crippen molar-refractivity contribution in [2.75, 3.05) is 26.4 Å². The normalized spacial score (nSPS) is 16.6. The van der Waals surface area contributed by atoms with E-state index in [1.165, 1.54) is 22.4 Å². The summed E-state index contributed by atoms with van der Waals surface area (Å²) in [4.78, 5) is 25.2. The maximum atomic E-state index is 13.1. The Bertz CT molecular complexity index is 1350. The summed E-state index contributed by atoms with van der Waals surface area (Å²) in [6, 6.07) is 21.2. The van der Waals surface area contributed by atoms with Crippen LogP contribution in [0.2, 0.25) is 5.04 Å². The highest BCUT2D eigenvalue weighted by Gasteiger charge is 2.50. The molecule has 1 unspecified atom stereocenters. The number of carbonyl (C=O) groups is 2. The number of ketones is 1. The van der Waals surface area contributed by atoms with Crippen LogP contribution in [-0.4, -0.2) is 52.8 Å². The van der Waals surface area contributed by atoms with Crippen molar-refractivity contribution in [2.45, 2.75) is 117 Å². The predicted octanol–water partition coefficient (Wildman–Crippen LogP) is 9.03. The average molecular weight is 703 g/mol. The second-order valence-electron chi connectivity index (χ2n) is 14.6. The Morgan fingerprint density at radius 1 is 0.960 bits per heavy atom. The highest BCUT2D eigenvalue weighted by molar-refractivity contribution is 6.99. The molecule has 2 aromatic rings. The zero-order valence-electron chi connectivity index (χ0n) is 31.6. The van der Waals surface area contributed by atoms with E-state index in [1.807, 2.05) is 25.1 Å². The van der Waals surface area contributed by atoms with E-state index < -0.39 is 8.32 Å². The number of benzene rings is 2. The number of hydrogen-bond acceptors (Lipinski definition) is 6. The molecule has 2 aromatic carbocycles. The summed E-state index contributed by atoms with van der Waals surface area (Å²) in [6.07, 6.45) is 12.4. The topological polar surface area (TPSA) is 71.1 Å². The van der Waals surface area contributed by atoms with Crippen LogP contribution < -0.4 is 10.4 Å². The fourth-order valence-corrected chi connectivity index (χ4v) is 11.3. The predicted molar refractivity (Wildman–Crippen MR) is 207 cm³/mol. The van der Waals surface area contributed by atoms with Gasteiger partial charge in [0.25, 0.3) is 8.32 Å². The van der Waals surface area contributed by atoms with E-state index in [-0.39, 0.29) is 29.0 Å². The molecule has 1 aliphatic rings. The van der Waals surface area contributed by atoms with Crippen molar-refractivity contribution in [1.29, 1.82) is 0 Å². The van der Waals surface area contributed by atoms with Crippen LogP contribution >= 0.6 is 0 Å². The average Bonchev–Trinajstić information content (AvgIpc) is 3.10. The lowest BCUT2D eigenvalue weighted by molar-refractivity contribution is -0.162. The lowest BCUT2D eigenvalue weighted by Crippen LogP contribution is -2.66. The number of esters is 1. The van der Waals surface area contributed by atoms with E-state index in [9.17, 15) is 9.59 Å². The number of hydrogen-bond donors (Lipinski definition) is 0. The molecule has 6 nitrogen and oxygen atoms in total.